The molecule has 0 aromatic heterocycles. The third kappa shape index (κ3) is 5.25. The Balaban J connectivity index is 1.83. The molecule has 1 amide bonds. The molecule has 1 N–H and O–H groups in total. The van der Waals surface area contributed by atoms with Gasteiger partial charge in [-0.05, 0) is 35.9 Å². The smallest absolute Gasteiger partial charge is 0.234 e. The Labute approximate surface area is 153 Å². The molecule has 22 heavy (non-hydrogen) atoms. The van der Waals surface area contributed by atoms with E-state index in [1.807, 2.05) is 6.07 Å². The molecule has 0 atom stereocenters. The number of rotatable bonds is 5. The fourth-order valence-electron chi connectivity index (χ4n) is 1.66. The Morgan fingerprint density at radius 3 is 2.41 bits per heavy atom. The maximum atomic E-state index is 11.9. The van der Waals surface area contributed by atoms with Crippen LogP contribution in [0.5, 0.6) is 0 Å². The second kappa shape index (κ2) is 8.32. The molecule has 116 valence electrons. The van der Waals surface area contributed by atoms with E-state index in [1.165, 1.54) is 11.8 Å². The lowest BCUT2D eigenvalue weighted by Crippen LogP contribution is -2.14. The van der Waals surface area contributed by atoms with Crippen LogP contribution in [0.4, 0.5) is 5.69 Å². The number of carbonyl (C=O) groups is 1. The van der Waals surface area contributed by atoms with Crippen LogP contribution >= 0.6 is 58.2 Å². The first-order valence-electron chi connectivity index (χ1n) is 6.22. The Morgan fingerprint density at radius 1 is 0.955 bits per heavy atom. The maximum Gasteiger partial charge on any atom is 0.234 e. The summed E-state index contributed by atoms with van der Waals surface area (Å²) in [5, 5.41) is 4.81. The normalized spacial score (nSPS) is 10.5. The van der Waals surface area contributed by atoms with Crippen LogP contribution in [-0.4, -0.2) is 11.7 Å². The topological polar surface area (TPSA) is 29.1 Å². The van der Waals surface area contributed by atoms with Crippen molar-refractivity contribution in [3.63, 3.8) is 0 Å². The molecule has 2 aromatic carbocycles. The number of anilines is 1. The van der Waals surface area contributed by atoms with Crippen molar-refractivity contribution in [3.05, 3.63) is 62.1 Å². The van der Waals surface area contributed by atoms with E-state index in [0.717, 1.165) is 5.56 Å². The van der Waals surface area contributed by atoms with Crippen LogP contribution in [0, 0.1) is 0 Å². The lowest BCUT2D eigenvalue weighted by atomic mass is 10.2. The zero-order valence-corrected chi connectivity index (χ0v) is 15.0. The van der Waals surface area contributed by atoms with Crippen LogP contribution in [0.25, 0.3) is 0 Å². The number of nitrogens with one attached hydrogen (secondary N) is 1. The van der Waals surface area contributed by atoms with E-state index in [9.17, 15) is 4.79 Å². The predicted octanol–water partition coefficient (Wildman–Crippen LogP) is 6.17. The van der Waals surface area contributed by atoms with Crippen molar-refractivity contribution in [2.45, 2.75) is 5.75 Å². The number of thioether (sulfide) groups is 1. The third-order valence-corrected chi connectivity index (χ3v) is 5.02. The zero-order chi connectivity index (χ0) is 16.1. The van der Waals surface area contributed by atoms with Crippen molar-refractivity contribution < 1.29 is 4.79 Å². The van der Waals surface area contributed by atoms with Gasteiger partial charge in [0.2, 0.25) is 5.91 Å². The number of hydrogen-bond donors (Lipinski definition) is 1. The van der Waals surface area contributed by atoms with Gasteiger partial charge in [0.15, 0.2) is 0 Å². The summed E-state index contributed by atoms with van der Waals surface area (Å²) in [6.45, 7) is 0. The monoisotopic (exact) mass is 393 g/mol. The molecule has 0 aliphatic carbocycles. The van der Waals surface area contributed by atoms with Gasteiger partial charge in [-0.25, -0.2) is 0 Å². The Kier molecular flexibility index (Phi) is 6.72. The van der Waals surface area contributed by atoms with Crippen LogP contribution in [-0.2, 0) is 10.5 Å². The van der Waals surface area contributed by atoms with Gasteiger partial charge in [0.25, 0.3) is 0 Å². The van der Waals surface area contributed by atoms with Crippen LogP contribution in [0.1, 0.15) is 5.56 Å². The van der Waals surface area contributed by atoms with Crippen LogP contribution in [0.3, 0.4) is 0 Å². The van der Waals surface area contributed by atoms with Gasteiger partial charge in [0.05, 0.1) is 15.8 Å². The molecular weight excluding hydrogens is 384 g/mol. The van der Waals surface area contributed by atoms with Gasteiger partial charge in [-0.1, -0.05) is 52.5 Å². The van der Waals surface area contributed by atoms with E-state index >= 15 is 0 Å². The number of hydrogen-bond acceptors (Lipinski definition) is 2. The van der Waals surface area contributed by atoms with Gasteiger partial charge in [-0.2, -0.15) is 0 Å². The summed E-state index contributed by atoms with van der Waals surface area (Å²) >= 11 is 25.1. The summed E-state index contributed by atoms with van der Waals surface area (Å²) in [6, 6.07) is 10.3. The van der Waals surface area contributed by atoms with Crippen molar-refractivity contribution in [1.29, 1.82) is 0 Å². The van der Waals surface area contributed by atoms with Crippen molar-refractivity contribution in [2.75, 3.05) is 11.1 Å². The number of amides is 1. The first-order chi connectivity index (χ1) is 10.5. The van der Waals surface area contributed by atoms with Gasteiger partial charge in [-0.3, -0.25) is 4.79 Å². The van der Waals surface area contributed by atoms with E-state index in [1.54, 1.807) is 30.3 Å². The minimum absolute atomic E-state index is 0.117. The summed E-state index contributed by atoms with van der Waals surface area (Å²) in [6.07, 6.45) is 0. The van der Waals surface area contributed by atoms with Crippen LogP contribution in [0.2, 0.25) is 20.1 Å². The summed E-state index contributed by atoms with van der Waals surface area (Å²) in [7, 11) is 0. The molecule has 2 aromatic rings. The van der Waals surface area contributed by atoms with Crippen molar-refractivity contribution in [2.24, 2.45) is 0 Å². The highest BCUT2D eigenvalue weighted by atomic mass is 35.5. The van der Waals surface area contributed by atoms with Gasteiger partial charge < -0.3 is 5.32 Å². The van der Waals surface area contributed by atoms with Gasteiger partial charge in [-0.15, -0.1) is 11.8 Å². The first-order valence-corrected chi connectivity index (χ1v) is 8.89. The summed E-state index contributed by atoms with van der Waals surface area (Å²) < 4.78 is 0. The number of carbonyl (C=O) groups excluding carboxylic acids is 1. The van der Waals surface area contributed by atoms with Crippen LogP contribution in [0.15, 0.2) is 36.4 Å². The summed E-state index contributed by atoms with van der Waals surface area (Å²) in [5.41, 5.74) is 1.56. The van der Waals surface area contributed by atoms with Crippen molar-refractivity contribution in [1.82, 2.24) is 0 Å². The molecule has 0 saturated carbocycles. The average molecular weight is 395 g/mol. The number of benzene rings is 2. The van der Waals surface area contributed by atoms with E-state index in [0.29, 0.717) is 37.3 Å². The molecule has 0 heterocycles. The van der Waals surface area contributed by atoms with E-state index in [2.05, 4.69) is 5.32 Å². The largest absolute Gasteiger partial charge is 0.325 e. The number of halogens is 4. The highest BCUT2D eigenvalue weighted by molar-refractivity contribution is 7.99. The van der Waals surface area contributed by atoms with Crippen molar-refractivity contribution >= 4 is 69.8 Å². The zero-order valence-electron chi connectivity index (χ0n) is 11.2. The standard InChI is InChI=1S/C15H11Cl4NOS/c16-10-2-1-9(13(18)5-10)7-22-8-15(21)20-11-3-4-12(17)14(19)6-11/h1-6H,7-8H2,(H,20,21). The van der Waals surface area contributed by atoms with E-state index in [-0.39, 0.29) is 5.91 Å². The predicted molar refractivity (Wildman–Crippen MR) is 97.7 cm³/mol. The molecule has 0 spiro atoms. The minimum Gasteiger partial charge on any atom is -0.325 e. The fourth-order valence-corrected chi connectivity index (χ4v) is 3.35. The van der Waals surface area contributed by atoms with E-state index in [4.69, 9.17) is 46.4 Å². The highest BCUT2D eigenvalue weighted by Gasteiger charge is 2.07. The maximum absolute atomic E-state index is 11.9. The highest BCUT2D eigenvalue weighted by Crippen LogP contribution is 2.26. The van der Waals surface area contributed by atoms with Gasteiger partial charge >= 0.3 is 0 Å². The Bertz CT molecular complexity index is 693. The quantitative estimate of drug-likeness (QED) is 0.656. The fraction of sp³-hybridized carbons (Fsp3) is 0.133. The first kappa shape index (κ1) is 17.8. The molecule has 0 unspecified atom stereocenters. The summed E-state index contributed by atoms with van der Waals surface area (Å²) in [5.74, 6) is 0.817. The Hall–Kier alpha value is -0.580. The SMILES string of the molecule is O=C(CSCc1ccc(Cl)cc1Cl)Nc1ccc(Cl)c(Cl)c1. The molecule has 2 rings (SSSR count). The van der Waals surface area contributed by atoms with Crippen molar-refractivity contribution in [3.8, 4) is 0 Å². The van der Waals surface area contributed by atoms with E-state index < -0.39 is 0 Å². The lowest BCUT2D eigenvalue weighted by Gasteiger charge is -2.07. The molecule has 0 radical (unpaired) electrons. The second-order valence-corrected chi connectivity index (χ2v) is 7.05. The Morgan fingerprint density at radius 2 is 1.73 bits per heavy atom. The molecule has 2 nitrogen and oxygen atoms in total. The summed E-state index contributed by atoms with van der Waals surface area (Å²) in [4.78, 5) is 11.9. The lowest BCUT2D eigenvalue weighted by molar-refractivity contribution is -0.113. The van der Waals surface area contributed by atoms with Gasteiger partial charge in [0.1, 0.15) is 0 Å². The molecule has 0 bridgehead atoms. The molecular formula is C15H11Cl4NOS. The molecule has 7 heteroatoms. The molecule has 0 aliphatic rings. The second-order valence-electron chi connectivity index (χ2n) is 4.41. The molecule has 0 aliphatic heterocycles. The van der Waals surface area contributed by atoms with Gasteiger partial charge in [0, 0.05) is 21.5 Å². The minimum atomic E-state index is -0.117. The van der Waals surface area contributed by atoms with Crippen LogP contribution < -0.4 is 5.32 Å². The molecule has 0 fully saturated rings. The molecule has 0 saturated heterocycles. The third-order valence-electron chi connectivity index (χ3n) is 2.71. The average Bonchev–Trinajstić information content (AvgIpc) is 2.45.